The van der Waals surface area contributed by atoms with E-state index >= 15 is 0 Å². The average molecular weight is 520 g/mol. The summed E-state index contributed by atoms with van der Waals surface area (Å²) in [6.07, 6.45) is 1.67. The number of ether oxygens (including phenoxy) is 1. The fraction of sp³-hybridized carbons (Fsp3) is 0.0833. The second-order valence-electron chi connectivity index (χ2n) is 3.91. The highest BCUT2D eigenvalue weighted by atomic mass is 79.9. The molecule has 0 unspecified atom stereocenters. The molecule has 21 heavy (non-hydrogen) atoms. The molecular formula is C12H7Br3ClNO3S. The fourth-order valence-corrected chi connectivity index (χ4v) is 4.19. The van der Waals surface area contributed by atoms with Crippen LogP contribution in [0.5, 0.6) is 5.75 Å². The molecule has 2 aromatic rings. The quantitative estimate of drug-likeness (QED) is 0.540. The van der Waals surface area contributed by atoms with E-state index in [4.69, 9.17) is 15.4 Å². The summed E-state index contributed by atoms with van der Waals surface area (Å²) in [6.45, 7) is 0.247. The molecule has 0 aliphatic rings. The summed E-state index contributed by atoms with van der Waals surface area (Å²) < 4.78 is 30.1. The number of hydrogen-bond donors (Lipinski definition) is 0. The van der Waals surface area contributed by atoms with Crippen molar-refractivity contribution in [3.63, 3.8) is 0 Å². The van der Waals surface area contributed by atoms with Crippen molar-refractivity contribution in [3.8, 4) is 5.75 Å². The Morgan fingerprint density at radius 3 is 2.24 bits per heavy atom. The zero-order chi connectivity index (χ0) is 15.6. The minimum atomic E-state index is -3.80. The van der Waals surface area contributed by atoms with E-state index in [1.807, 2.05) is 12.1 Å². The Labute approximate surface area is 151 Å². The van der Waals surface area contributed by atoms with Gasteiger partial charge in [0.05, 0.1) is 19.5 Å². The first-order valence-electron chi connectivity index (χ1n) is 5.44. The van der Waals surface area contributed by atoms with Gasteiger partial charge in [-0.2, -0.15) is 0 Å². The summed E-state index contributed by atoms with van der Waals surface area (Å²) in [4.78, 5) is 4.17. The molecule has 0 aliphatic heterocycles. The van der Waals surface area contributed by atoms with Crippen molar-refractivity contribution >= 4 is 67.5 Å². The van der Waals surface area contributed by atoms with Crippen LogP contribution in [0.3, 0.4) is 0 Å². The Balaban J connectivity index is 2.23. The summed E-state index contributed by atoms with van der Waals surface area (Å²) >= 11 is 9.84. The number of rotatable bonds is 4. The minimum absolute atomic E-state index is 0.0166. The molecule has 1 aromatic carbocycles. The molecule has 4 nitrogen and oxygen atoms in total. The standard InChI is InChI=1S/C12H7Br3ClNO3S/c13-7-1-2-8(17-5-7)6-20-12-10(14)3-9(4-11(12)15)21(16,18)19/h1-5H,6H2. The summed E-state index contributed by atoms with van der Waals surface area (Å²) in [5, 5.41) is 0. The van der Waals surface area contributed by atoms with Gasteiger partial charge in [-0.15, -0.1) is 0 Å². The van der Waals surface area contributed by atoms with Crippen molar-refractivity contribution in [3.05, 3.63) is 49.6 Å². The van der Waals surface area contributed by atoms with Gasteiger partial charge >= 0.3 is 0 Å². The van der Waals surface area contributed by atoms with Gasteiger partial charge in [0, 0.05) is 21.4 Å². The van der Waals surface area contributed by atoms with Crippen molar-refractivity contribution in [2.45, 2.75) is 11.5 Å². The maximum atomic E-state index is 11.3. The highest BCUT2D eigenvalue weighted by Crippen LogP contribution is 2.37. The van der Waals surface area contributed by atoms with E-state index < -0.39 is 9.05 Å². The molecule has 0 spiro atoms. The average Bonchev–Trinajstić information content (AvgIpc) is 2.38. The third kappa shape index (κ3) is 4.66. The van der Waals surface area contributed by atoms with Crippen LogP contribution in [-0.4, -0.2) is 13.4 Å². The molecule has 0 aliphatic carbocycles. The number of hydrogen-bond acceptors (Lipinski definition) is 4. The molecule has 0 radical (unpaired) electrons. The van der Waals surface area contributed by atoms with Crippen LogP contribution in [-0.2, 0) is 15.7 Å². The molecule has 0 N–H and O–H groups in total. The Morgan fingerprint density at radius 2 is 1.76 bits per heavy atom. The first-order chi connectivity index (χ1) is 9.77. The van der Waals surface area contributed by atoms with Crippen LogP contribution in [0, 0.1) is 0 Å². The maximum absolute atomic E-state index is 11.3. The summed E-state index contributed by atoms with van der Waals surface area (Å²) in [5.74, 6) is 0.476. The largest absolute Gasteiger partial charge is 0.485 e. The summed E-state index contributed by atoms with van der Waals surface area (Å²) in [5.41, 5.74) is 0.742. The lowest BCUT2D eigenvalue weighted by Gasteiger charge is -2.11. The normalized spacial score (nSPS) is 11.4. The van der Waals surface area contributed by atoms with Crippen molar-refractivity contribution in [2.75, 3.05) is 0 Å². The van der Waals surface area contributed by atoms with Crippen LogP contribution in [0.1, 0.15) is 5.69 Å². The Morgan fingerprint density at radius 1 is 1.14 bits per heavy atom. The first kappa shape index (κ1) is 17.2. The Hall–Kier alpha value is -0.150. The number of pyridine rings is 1. The first-order valence-corrected chi connectivity index (χ1v) is 10.1. The summed E-state index contributed by atoms with van der Waals surface area (Å²) in [6, 6.07) is 6.46. The minimum Gasteiger partial charge on any atom is -0.485 e. The molecule has 0 amide bonds. The molecular weight excluding hydrogens is 513 g/mol. The van der Waals surface area contributed by atoms with E-state index in [1.165, 1.54) is 12.1 Å². The van der Waals surface area contributed by atoms with E-state index in [9.17, 15) is 8.42 Å². The van der Waals surface area contributed by atoms with Gasteiger partial charge in [-0.3, -0.25) is 4.98 Å². The topological polar surface area (TPSA) is 56.3 Å². The highest BCUT2D eigenvalue weighted by Gasteiger charge is 2.16. The van der Waals surface area contributed by atoms with Crippen LogP contribution in [0.15, 0.2) is 48.8 Å². The molecule has 9 heteroatoms. The summed E-state index contributed by atoms with van der Waals surface area (Å²) in [7, 11) is 1.52. The van der Waals surface area contributed by atoms with Crippen LogP contribution < -0.4 is 4.74 Å². The lowest BCUT2D eigenvalue weighted by Crippen LogP contribution is -2.00. The lowest BCUT2D eigenvalue weighted by molar-refractivity contribution is 0.297. The molecule has 1 heterocycles. The van der Waals surface area contributed by atoms with Crippen LogP contribution in [0.2, 0.25) is 0 Å². The fourth-order valence-electron chi connectivity index (χ4n) is 1.45. The zero-order valence-electron chi connectivity index (χ0n) is 10.2. The van der Waals surface area contributed by atoms with Gasteiger partial charge < -0.3 is 4.74 Å². The van der Waals surface area contributed by atoms with Gasteiger partial charge in [0.25, 0.3) is 9.05 Å². The third-order valence-electron chi connectivity index (χ3n) is 2.41. The van der Waals surface area contributed by atoms with Crippen molar-refractivity contribution in [1.29, 1.82) is 0 Å². The number of halogens is 4. The lowest BCUT2D eigenvalue weighted by atomic mass is 10.3. The predicted octanol–water partition coefficient (Wildman–Crippen LogP) is 4.88. The Kier molecular flexibility index (Phi) is 5.70. The molecule has 0 atom stereocenters. The molecule has 112 valence electrons. The number of nitrogens with zero attached hydrogens (tertiary/aromatic N) is 1. The van der Waals surface area contributed by atoms with Gasteiger partial charge in [0.1, 0.15) is 12.4 Å². The van der Waals surface area contributed by atoms with Crippen LogP contribution in [0.4, 0.5) is 0 Å². The molecule has 0 bridgehead atoms. The molecule has 1 aromatic heterocycles. The molecule has 0 saturated heterocycles. The van der Waals surface area contributed by atoms with Crippen molar-refractivity contribution in [2.24, 2.45) is 0 Å². The van der Waals surface area contributed by atoms with Gasteiger partial charge in [-0.05, 0) is 72.1 Å². The van der Waals surface area contributed by atoms with E-state index in [2.05, 4.69) is 52.8 Å². The monoisotopic (exact) mass is 517 g/mol. The molecule has 0 saturated carbocycles. The molecule has 2 rings (SSSR count). The Bertz CT molecular complexity index is 743. The van der Waals surface area contributed by atoms with Gasteiger partial charge in [0.2, 0.25) is 0 Å². The SMILES string of the molecule is O=S(=O)(Cl)c1cc(Br)c(OCc2ccc(Br)cn2)c(Br)c1. The van der Waals surface area contributed by atoms with E-state index in [0.717, 1.165) is 10.2 Å². The number of benzene rings is 1. The molecule has 0 fully saturated rings. The van der Waals surface area contributed by atoms with Gasteiger partial charge in [-0.1, -0.05) is 0 Å². The van der Waals surface area contributed by atoms with Gasteiger partial charge in [0.15, 0.2) is 0 Å². The highest BCUT2D eigenvalue weighted by molar-refractivity contribution is 9.11. The van der Waals surface area contributed by atoms with Crippen LogP contribution in [0.25, 0.3) is 0 Å². The second-order valence-corrected chi connectivity index (χ2v) is 9.10. The van der Waals surface area contributed by atoms with E-state index in [-0.39, 0.29) is 11.5 Å². The zero-order valence-corrected chi connectivity index (χ0v) is 16.5. The van der Waals surface area contributed by atoms with Crippen LogP contribution >= 0.6 is 58.5 Å². The maximum Gasteiger partial charge on any atom is 0.261 e. The van der Waals surface area contributed by atoms with E-state index in [0.29, 0.717) is 14.7 Å². The van der Waals surface area contributed by atoms with Crippen molar-refractivity contribution in [1.82, 2.24) is 4.98 Å². The predicted molar refractivity (Wildman–Crippen MR) is 91.1 cm³/mol. The smallest absolute Gasteiger partial charge is 0.261 e. The van der Waals surface area contributed by atoms with Crippen molar-refractivity contribution < 1.29 is 13.2 Å². The number of aromatic nitrogens is 1. The third-order valence-corrected chi connectivity index (χ3v) is 5.39. The second kappa shape index (κ2) is 6.95. The van der Waals surface area contributed by atoms with E-state index in [1.54, 1.807) is 6.20 Å². The van der Waals surface area contributed by atoms with Gasteiger partial charge in [-0.25, -0.2) is 8.42 Å².